The number of carbonyl (C=O) groups is 1. The molecule has 10 nitrogen and oxygen atoms in total. The normalized spacial score (nSPS) is 11.3. The van der Waals surface area contributed by atoms with E-state index in [4.69, 9.17) is 24.7 Å². The highest BCUT2D eigenvalue weighted by Gasteiger charge is 2.25. The predicted molar refractivity (Wildman–Crippen MR) is 138 cm³/mol. The van der Waals surface area contributed by atoms with Gasteiger partial charge in [-0.15, -0.1) is 22.6 Å². The minimum atomic E-state index is -0.318. The molecule has 0 aliphatic carbocycles. The minimum absolute atomic E-state index is 0. The molecule has 2 aromatic heterocycles. The summed E-state index contributed by atoms with van der Waals surface area (Å²) in [6.45, 7) is 12.4. The van der Waals surface area contributed by atoms with Crippen molar-refractivity contribution in [2.24, 2.45) is 0 Å². The number of fused-ring (bicyclic) bond motifs is 1. The average molecular weight is 522 g/mol. The summed E-state index contributed by atoms with van der Waals surface area (Å²) in [6, 6.07) is 3.45. The summed E-state index contributed by atoms with van der Waals surface area (Å²) in [6.07, 6.45) is 0.459. The number of aryl methyl sites for hydroxylation is 1. The molecule has 0 bridgehead atoms. The summed E-state index contributed by atoms with van der Waals surface area (Å²) >= 11 is 0. The molecule has 0 saturated heterocycles. The van der Waals surface area contributed by atoms with Crippen molar-refractivity contribution in [2.75, 3.05) is 26.9 Å². The van der Waals surface area contributed by atoms with Gasteiger partial charge in [0.05, 0.1) is 20.3 Å². The first-order valence-electron chi connectivity index (χ1n) is 11.7. The number of nitrogens with zero attached hydrogens (tertiary/aromatic N) is 4. The molecule has 0 saturated carbocycles. The van der Waals surface area contributed by atoms with Gasteiger partial charge in [-0.25, -0.2) is 4.68 Å². The monoisotopic (exact) mass is 521 g/mol. The van der Waals surface area contributed by atoms with Crippen molar-refractivity contribution in [1.29, 1.82) is 5.41 Å². The average Bonchev–Trinajstić information content (AvgIpc) is 3.11. The van der Waals surface area contributed by atoms with E-state index >= 15 is 0 Å². The first-order valence-corrected chi connectivity index (χ1v) is 11.7. The van der Waals surface area contributed by atoms with E-state index in [0.717, 1.165) is 16.7 Å². The van der Waals surface area contributed by atoms with Gasteiger partial charge in [0, 0.05) is 35.3 Å². The maximum absolute atomic E-state index is 13.4. The summed E-state index contributed by atoms with van der Waals surface area (Å²) in [5, 5.41) is 26.6. The second-order valence-electron chi connectivity index (χ2n) is 9.36. The number of ether oxygens (including phenoxy) is 3. The van der Waals surface area contributed by atoms with Gasteiger partial charge in [0.1, 0.15) is 6.54 Å². The SMILES string of the molecule is CCOc1nn2c(=N)n(CC(=O)c3cc(OCCCO)c(OC)c(C(C)(C)C)c3)nc2c(C)c1C.Cl. The van der Waals surface area contributed by atoms with Crippen molar-refractivity contribution < 1.29 is 24.1 Å². The summed E-state index contributed by atoms with van der Waals surface area (Å²) in [5.41, 5.74) is 3.09. The molecule has 0 radical (unpaired) electrons. The fraction of sp³-hybridized carbons (Fsp3) is 0.520. The lowest BCUT2D eigenvalue weighted by atomic mass is 9.84. The highest BCUT2D eigenvalue weighted by Crippen LogP contribution is 2.40. The Bertz CT molecular complexity index is 1290. The summed E-state index contributed by atoms with van der Waals surface area (Å²) < 4.78 is 19.8. The van der Waals surface area contributed by atoms with Gasteiger partial charge in [-0.2, -0.15) is 4.52 Å². The Morgan fingerprint density at radius 2 is 1.83 bits per heavy atom. The zero-order valence-corrected chi connectivity index (χ0v) is 22.8. The van der Waals surface area contributed by atoms with Gasteiger partial charge < -0.3 is 19.3 Å². The van der Waals surface area contributed by atoms with E-state index in [1.807, 2.05) is 41.5 Å². The fourth-order valence-corrected chi connectivity index (χ4v) is 3.73. The standard InChI is InChI=1S/C25H35N5O5.ClH/c1-8-34-23-16(3)15(2)22-27-29(24(26)30(22)28-23)14-19(32)17-12-18(25(4,5)6)21(33-7)20(13-17)35-11-9-10-31;/h12-13,26,31H,8-11,14H2,1-7H3;1H. The number of rotatable bonds is 10. The maximum Gasteiger partial charge on any atom is 0.242 e. The fourth-order valence-electron chi connectivity index (χ4n) is 3.73. The molecule has 36 heavy (non-hydrogen) atoms. The lowest BCUT2D eigenvalue weighted by Gasteiger charge is -2.25. The van der Waals surface area contributed by atoms with Crippen LogP contribution in [0.1, 0.15) is 61.2 Å². The molecule has 0 atom stereocenters. The number of Topliss-reactive ketones (excluding diaryl/α,β-unsaturated/α-hetero) is 1. The molecule has 0 spiro atoms. The Morgan fingerprint density at radius 3 is 2.42 bits per heavy atom. The third kappa shape index (κ3) is 5.82. The number of carbonyl (C=O) groups excluding carboxylic acids is 1. The van der Waals surface area contributed by atoms with Crippen LogP contribution < -0.4 is 19.8 Å². The van der Waals surface area contributed by atoms with Gasteiger partial charge >= 0.3 is 0 Å². The third-order valence-electron chi connectivity index (χ3n) is 5.79. The second-order valence-corrected chi connectivity index (χ2v) is 9.36. The number of methoxy groups -OCH3 is 1. The molecule has 3 aromatic rings. The molecule has 0 aliphatic heterocycles. The molecule has 11 heteroatoms. The zero-order chi connectivity index (χ0) is 25.9. The Kier molecular flexibility index (Phi) is 9.51. The third-order valence-corrected chi connectivity index (χ3v) is 5.79. The summed E-state index contributed by atoms with van der Waals surface area (Å²) in [4.78, 5) is 13.4. The van der Waals surface area contributed by atoms with E-state index in [1.54, 1.807) is 19.2 Å². The highest BCUT2D eigenvalue weighted by molar-refractivity contribution is 5.97. The molecule has 1 aromatic carbocycles. The van der Waals surface area contributed by atoms with E-state index in [9.17, 15) is 4.79 Å². The van der Waals surface area contributed by atoms with E-state index in [2.05, 4.69) is 10.2 Å². The smallest absolute Gasteiger partial charge is 0.242 e. The summed E-state index contributed by atoms with van der Waals surface area (Å²) in [5.74, 6) is 1.22. The number of halogens is 1. The van der Waals surface area contributed by atoms with Gasteiger partial charge in [-0.05, 0) is 38.3 Å². The van der Waals surface area contributed by atoms with Crippen molar-refractivity contribution in [1.82, 2.24) is 19.4 Å². The largest absolute Gasteiger partial charge is 0.493 e. The number of hydrogen-bond acceptors (Lipinski definition) is 8. The molecule has 2 heterocycles. The van der Waals surface area contributed by atoms with E-state index in [1.165, 1.54) is 9.20 Å². The maximum atomic E-state index is 13.4. The van der Waals surface area contributed by atoms with Crippen LogP contribution in [0.5, 0.6) is 17.4 Å². The Morgan fingerprint density at radius 1 is 1.14 bits per heavy atom. The van der Waals surface area contributed by atoms with Crippen molar-refractivity contribution in [3.05, 3.63) is 40.0 Å². The number of aromatic nitrogens is 4. The lowest BCUT2D eigenvalue weighted by Crippen LogP contribution is -2.27. The summed E-state index contributed by atoms with van der Waals surface area (Å²) in [7, 11) is 1.57. The van der Waals surface area contributed by atoms with Crippen LogP contribution >= 0.6 is 12.4 Å². The van der Waals surface area contributed by atoms with Gasteiger partial charge in [0.25, 0.3) is 0 Å². The predicted octanol–water partition coefficient (Wildman–Crippen LogP) is 3.40. The molecule has 2 N–H and O–H groups in total. The van der Waals surface area contributed by atoms with Crippen LogP contribution in [-0.2, 0) is 12.0 Å². The van der Waals surface area contributed by atoms with Crippen molar-refractivity contribution in [3.63, 3.8) is 0 Å². The van der Waals surface area contributed by atoms with Gasteiger partial charge in [0.15, 0.2) is 22.9 Å². The minimum Gasteiger partial charge on any atom is -0.493 e. The Hall–Kier alpha value is -3.11. The Labute approximate surface area is 217 Å². The van der Waals surface area contributed by atoms with Crippen LogP contribution in [0.2, 0.25) is 0 Å². The van der Waals surface area contributed by atoms with E-state index < -0.39 is 0 Å². The molecule has 198 valence electrons. The van der Waals surface area contributed by atoms with Gasteiger partial charge in [-0.1, -0.05) is 20.8 Å². The van der Waals surface area contributed by atoms with Crippen LogP contribution in [0.3, 0.4) is 0 Å². The first-order chi connectivity index (χ1) is 16.5. The number of aliphatic hydroxyl groups excluding tert-OH is 1. The van der Waals surface area contributed by atoms with Crippen molar-refractivity contribution in [3.8, 4) is 17.4 Å². The molecule has 3 rings (SSSR count). The van der Waals surface area contributed by atoms with E-state index in [-0.39, 0.29) is 42.4 Å². The molecule has 0 fully saturated rings. The van der Waals surface area contributed by atoms with Gasteiger partial charge in [-0.3, -0.25) is 10.2 Å². The highest BCUT2D eigenvalue weighted by atomic mass is 35.5. The number of hydrogen-bond donors (Lipinski definition) is 2. The van der Waals surface area contributed by atoms with Gasteiger partial charge in [0.2, 0.25) is 11.5 Å². The van der Waals surface area contributed by atoms with Crippen LogP contribution in [0.25, 0.3) is 5.65 Å². The number of nitrogens with one attached hydrogen (secondary N) is 1. The number of benzene rings is 1. The molecule has 0 unspecified atom stereocenters. The van der Waals surface area contributed by atoms with Crippen LogP contribution in [0.15, 0.2) is 12.1 Å². The second kappa shape index (κ2) is 11.7. The lowest BCUT2D eigenvalue weighted by molar-refractivity contribution is 0.0964. The molecular weight excluding hydrogens is 486 g/mol. The van der Waals surface area contributed by atoms with Crippen LogP contribution in [0, 0.1) is 19.3 Å². The Balaban J connectivity index is 0.00000456. The topological polar surface area (TPSA) is 124 Å². The molecular formula is C25H36ClN5O5. The van der Waals surface area contributed by atoms with Crippen molar-refractivity contribution in [2.45, 2.75) is 59.9 Å². The number of aliphatic hydroxyl groups is 1. The van der Waals surface area contributed by atoms with E-state index in [0.29, 0.717) is 48.2 Å². The van der Waals surface area contributed by atoms with Crippen LogP contribution in [-0.4, -0.2) is 57.2 Å². The van der Waals surface area contributed by atoms with Crippen LogP contribution in [0.4, 0.5) is 0 Å². The number of ketones is 1. The zero-order valence-electron chi connectivity index (χ0n) is 22.0. The molecule has 0 amide bonds. The first kappa shape index (κ1) is 29.1. The quantitative estimate of drug-likeness (QED) is 0.309. The van der Waals surface area contributed by atoms with Crippen molar-refractivity contribution >= 4 is 23.8 Å². The molecule has 0 aliphatic rings.